The quantitative estimate of drug-likeness (QED) is 0.0272. The number of likely N-dealkylation sites (N-methyl/N-ethyl adjacent to an activating group) is 1. The standard InChI is InChI=1S/C55H105N2O6P/c1-6-8-10-12-14-16-18-20-22-24-26-27-28-29-31-33-35-37-39-41-43-45-47-49-55(59)56-53(52-63-64(60,61)62-51-50-57(3,4)5)54(58)48-46-44-42-40-38-36-34-32-30-25-23-21-19-17-15-13-11-9-7-2/h18,20,24,26,28-29,46,48,53-54,58H,6-17,19,21-23,25,27,30-45,47,49-52H2,1-5H3,(H-,56,59,60,61)/b20-18-,26-24-,29-28-,48-46+. The number of nitrogens with one attached hydrogen (secondary N) is 1. The highest BCUT2D eigenvalue weighted by Gasteiger charge is 2.23. The lowest BCUT2D eigenvalue weighted by molar-refractivity contribution is -0.870. The number of phosphoric acid groups is 1. The maximum absolute atomic E-state index is 12.9. The van der Waals surface area contributed by atoms with Crippen LogP contribution >= 0.6 is 7.82 Å². The average molecular weight is 921 g/mol. The highest BCUT2D eigenvalue weighted by atomic mass is 31.2. The van der Waals surface area contributed by atoms with Gasteiger partial charge in [0.05, 0.1) is 39.9 Å². The van der Waals surface area contributed by atoms with Crippen LogP contribution in [0.1, 0.15) is 245 Å². The smallest absolute Gasteiger partial charge is 0.268 e. The van der Waals surface area contributed by atoms with E-state index in [-0.39, 0.29) is 19.1 Å². The molecule has 9 heteroatoms. The van der Waals surface area contributed by atoms with Crippen LogP contribution in [0.25, 0.3) is 0 Å². The topological polar surface area (TPSA) is 108 Å². The Morgan fingerprint density at radius 2 is 0.906 bits per heavy atom. The molecule has 0 aliphatic rings. The summed E-state index contributed by atoms with van der Waals surface area (Å²) in [5.41, 5.74) is 0. The van der Waals surface area contributed by atoms with Gasteiger partial charge in [-0.1, -0.05) is 229 Å². The minimum Gasteiger partial charge on any atom is -0.756 e. The lowest BCUT2D eigenvalue weighted by atomic mass is 10.0. The Labute approximate surface area is 397 Å². The third-order valence-corrected chi connectivity index (χ3v) is 13.0. The number of rotatable bonds is 49. The lowest BCUT2D eigenvalue weighted by Crippen LogP contribution is -2.45. The van der Waals surface area contributed by atoms with Gasteiger partial charge in [0.1, 0.15) is 13.2 Å². The van der Waals surface area contributed by atoms with E-state index in [0.29, 0.717) is 17.4 Å². The summed E-state index contributed by atoms with van der Waals surface area (Å²) in [4.78, 5) is 25.5. The van der Waals surface area contributed by atoms with E-state index in [0.717, 1.165) is 57.8 Å². The molecule has 0 radical (unpaired) electrons. The first-order valence-electron chi connectivity index (χ1n) is 27.0. The number of carbonyl (C=O) groups is 1. The van der Waals surface area contributed by atoms with Gasteiger partial charge in [-0.2, -0.15) is 0 Å². The van der Waals surface area contributed by atoms with Crippen molar-refractivity contribution in [3.63, 3.8) is 0 Å². The van der Waals surface area contributed by atoms with Crippen molar-refractivity contribution in [2.24, 2.45) is 0 Å². The van der Waals surface area contributed by atoms with Crippen molar-refractivity contribution in [1.29, 1.82) is 0 Å². The number of nitrogens with zero attached hydrogens (tertiary/aromatic N) is 1. The summed E-state index contributed by atoms with van der Waals surface area (Å²) in [6, 6.07) is -0.892. The molecule has 3 atom stereocenters. The van der Waals surface area contributed by atoms with Crippen LogP contribution in [0, 0.1) is 0 Å². The molecule has 0 saturated carbocycles. The van der Waals surface area contributed by atoms with E-state index in [4.69, 9.17) is 9.05 Å². The van der Waals surface area contributed by atoms with E-state index in [1.54, 1.807) is 6.08 Å². The van der Waals surface area contributed by atoms with Gasteiger partial charge in [0.15, 0.2) is 0 Å². The number of quaternary nitrogens is 1. The molecule has 0 aliphatic carbocycles. The molecule has 0 heterocycles. The SMILES string of the molecule is CCCCCCC/C=C\C/C=C\C/C=C\CCCCCCCCCCC(=O)NC(COP(=O)([O-])OCC[N+](C)(C)C)C(O)/C=C/CCCCCCCCCCCCCCCCCCC. The summed E-state index contributed by atoms with van der Waals surface area (Å²) in [6.45, 7) is 4.65. The molecule has 0 spiro atoms. The van der Waals surface area contributed by atoms with Crippen LogP contribution in [-0.2, 0) is 18.4 Å². The molecule has 0 bridgehead atoms. The largest absolute Gasteiger partial charge is 0.756 e. The molecule has 0 aromatic rings. The van der Waals surface area contributed by atoms with Gasteiger partial charge in [-0.3, -0.25) is 9.36 Å². The van der Waals surface area contributed by atoms with Crippen LogP contribution in [-0.4, -0.2) is 68.5 Å². The number of hydrogen-bond acceptors (Lipinski definition) is 6. The second kappa shape index (κ2) is 46.6. The minimum absolute atomic E-state index is 0.00352. The van der Waals surface area contributed by atoms with Gasteiger partial charge in [-0.05, 0) is 57.8 Å². The molecule has 376 valence electrons. The Morgan fingerprint density at radius 1 is 0.547 bits per heavy atom. The van der Waals surface area contributed by atoms with Crippen molar-refractivity contribution in [2.45, 2.75) is 257 Å². The second-order valence-electron chi connectivity index (χ2n) is 19.6. The van der Waals surface area contributed by atoms with Gasteiger partial charge in [-0.25, -0.2) is 0 Å². The first kappa shape index (κ1) is 62.5. The fourth-order valence-electron chi connectivity index (χ4n) is 7.75. The fourth-order valence-corrected chi connectivity index (χ4v) is 8.47. The molecule has 1 amide bonds. The van der Waals surface area contributed by atoms with Gasteiger partial charge in [0.25, 0.3) is 7.82 Å². The zero-order chi connectivity index (χ0) is 47.1. The number of hydrogen-bond donors (Lipinski definition) is 2. The van der Waals surface area contributed by atoms with Crippen molar-refractivity contribution < 1.29 is 32.9 Å². The molecule has 0 saturated heterocycles. The van der Waals surface area contributed by atoms with Crippen molar-refractivity contribution in [3.8, 4) is 0 Å². The average Bonchev–Trinajstić information content (AvgIpc) is 3.25. The molecule has 0 fully saturated rings. The third kappa shape index (κ3) is 48.4. The van der Waals surface area contributed by atoms with E-state index < -0.39 is 20.0 Å². The lowest BCUT2D eigenvalue weighted by Gasteiger charge is -2.29. The number of allylic oxidation sites excluding steroid dienone is 7. The molecule has 3 unspecified atom stereocenters. The van der Waals surface area contributed by atoms with Crippen LogP contribution in [0.4, 0.5) is 0 Å². The summed E-state index contributed by atoms with van der Waals surface area (Å²) >= 11 is 0. The molecule has 0 aromatic carbocycles. The summed E-state index contributed by atoms with van der Waals surface area (Å²) < 4.78 is 23.3. The van der Waals surface area contributed by atoms with Crippen LogP contribution in [0.3, 0.4) is 0 Å². The Hall–Kier alpha value is -1.54. The van der Waals surface area contributed by atoms with E-state index >= 15 is 0 Å². The second-order valence-corrected chi connectivity index (χ2v) is 21.0. The Bertz CT molecular complexity index is 1180. The molecule has 8 nitrogen and oxygen atoms in total. The number of aliphatic hydroxyl groups excluding tert-OH is 1. The predicted octanol–water partition coefficient (Wildman–Crippen LogP) is 15.3. The third-order valence-electron chi connectivity index (χ3n) is 12.0. The first-order valence-corrected chi connectivity index (χ1v) is 28.5. The number of carbonyl (C=O) groups excluding carboxylic acids is 1. The fraction of sp³-hybridized carbons (Fsp3) is 0.836. The number of unbranched alkanes of at least 4 members (excludes halogenated alkanes) is 30. The molecular weight excluding hydrogens is 816 g/mol. The Kier molecular flexibility index (Phi) is 45.4. The van der Waals surface area contributed by atoms with E-state index in [9.17, 15) is 19.4 Å². The molecule has 64 heavy (non-hydrogen) atoms. The van der Waals surface area contributed by atoms with Gasteiger partial charge in [0, 0.05) is 6.42 Å². The maximum Gasteiger partial charge on any atom is 0.268 e. The molecular formula is C55H105N2O6P. The van der Waals surface area contributed by atoms with Crippen LogP contribution in [0.5, 0.6) is 0 Å². The Balaban J connectivity index is 4.30. The van der Waals surface area contributed by atoms with Gasteiger partial charge in [-0.15, -0.1) is 0 Å². The number of phosphoric ester groups is 1. The minimum atomic E-state index is -4.60. The molecule has 2 N–H and O–H groups in total. The summed E-state index contributed by atoms with van der Waals surface area (Å²) in [5.74, 6) is -0.204. The van der Waals surface area contributed by atoms with Gasteiger partial charge >= 0.3 is 0 Å². The molecule has 0 aliphatic heterocycles. The van der Waals surface area contributed by atoms with Crippen molar-refractivity contribution in [3.05, 3.63) is 48.6 Å². The van der Waals surface area contributed by atoms with E-state index in [1.807, 2.05) is 27.2 Å². The Morgan fingerprint density at radius 3 is 1.31 bits per heavy atom. The summed E-state index contributed by atoms with van der Waals surface area (Å²) in [5, 5.41) is 13.9. The highest BCUT2D eigenvalue weighted by Crippen LogP contribution is 2.38. The number of amides is 1. The van der Waals surface area contributed by atoms with Crippen LogP contribution in [0.2, 0.25) is 0 Å². The van der Waals surface area contributed by atoms with E-state index in [2.05, 4.69) is 55.6 Å². The molecule has 0 aromatic heterocycles. The molecule has 0 rings (SSSR count). The van der Waals surface area contributed by atoms with Gasteiger partial charge < -0.3 is 28.8 Å². The number of aliphatic hydroxyl groups is 1. The van der Waals surface area contributed by atoms with Crippen LogP contribution < -0.4 is 10.2 Å². The first-order chi connectivity index (χ1) is 31.0. The zero-order valence-corrected chi connectivity index (χ0v) is 43.6. The highest BCUT2D eigenvalue weighted by molar-refractivity contribution is 7.45. The van der Waals surface area contributed by atoms with Crippen molar-refractivity contribution in [1.82, 2.24) is 5.32 Å². The van der Waals surface area contributed by atoms with E-state index in [1.165, 1.54) is 167 Å². The summed E-state index contributed by atoms with van der Waals surface area (Å²) in [6.07, 6.45) is 60.2. The maximum atomic E-state index is 12.9. The van der Waals surface area contributed by atoms with Crippen molar-refractivity contribution in [2.75, 3.05) is 40.9 Å². The predicted molar refractivity (Wildman–Crippen MR) is 274 cm³/mol. The van der Waals surface area contributed by atoms with Crippen molar-refractivity contribution >= 4 is 13.7 Å². The van der Waals surface area contributed by atoms with Crippen LogP contribution in [0.15, 0.2) is 48.6 Å². The monoisotopic (exact) mass is 921 g/mol. The van der Waals surface area contributed by atoms with Gasteiger partial charge in [0.2, 0.25) is 5.91 Å². The zero-order valence-electron chi connectivity index (χ0n) is 42.7. The summed E-state index contributed by atoms with van der Waals surface area (Å²) in [7, 11) is 1.26. The normalized spacial score (nSPS) is 14.4.